The van der Waals surface area contributed by atoms with Crippen molar-refractivity contribution in [2.45, 2.75) is 26.3 Å². The van der Waals surface area contributed by atoms with Gasteiger partial charge in [-0.25, -0.2) is 0 Å². The standard InChI is InChI=1S/C9H9F5N/c1-2-3-4-15-8(13)6(11)5(10)7(12)9(15)14/h2-4H2,1H3/q+1. The van der Waals surface area contributed by atoms with Crippen molar-refractivity contribution in [1.29, 1.82) is 0 Å². The van der Waals surface area contributed by atoms with Gasteiger partial charge in [-0.1, -0.05) is 13.3 Å². The third kappa shape index (κ3) is 2.08. The average molecular weight is 226 g/mol. The van der Waals surface area contributed by atoms with Crippen LogP contribution in [0.15, 0.2) is 0 Å². The number of nitrogens with zero attached hydrogens (tertiary/aromatic N) is 1. The Balaban J connectivity index is 3.26. The Kier molecular flexibility index (Phi) is 3.60. The number of halogens is 5. The first-order valence-electron chi connectivity index (χ1n) is 4.42. The van der Waals surface area contributed by atoms with Gasteiger partial charge in [0.2, 0.25) is 5.82 Å². The molecule has 15 heavy (non-hydrogen) atoms. The van der Waals surface area contributed by atoms with E-state index in [0.29, 0.717) is 12.8 Å². The molecule has 0 atom stereocenters. The first kappa shape index (κ1) is 11.9. The molecule has 0 radical (unpaired) electrons. The highest BCUT2D eigenvalue weighted by Gasteiger charge is 2.32. The number of hydrogen-bond acceptors (Lipinski definition) is 0. The van der Waals surface area contributed by atoms with Gasteiger partial charge < -0.3 is 0 Å². The summed E-state index contributed by atoms with van der Waals surface area (Å²) in [6, 6.07) is 0. The molecule has 0 spiro atoms. The molecule has 1 heterocycles. The lowest BCUT2D eigenvalue weighted by atomic mass is 10.3. The molecule has 6 heteroatoms. The van der Waals surface area contributed by atoms with E-state index in [1.807, 2.05) is 0 Å². The monoisotopic (exact) mass is 226 g/mol. The predicted octanol–water partition coefficient (Wildman–Crippen LogP) is 2.47. The van der Waals surface area contributed by atoms with E-state index in [9.17, 15) is 22.0 Å². The number of aromatic nitrogens is 1. The molecule has 0 saturated carbocycles. The van der Waals surface area contributed by atoms with Crippen molar-refractivity contribution in [2.24, 2.45) is 0 Å². The largest absolute Gasteiger partial charge is 0.401 e. The molecule has 0 aliphatic carbocycles. The summed E-state index contributed by atoms with van der Waals surface area (Å²) in [6.07, 6.45) is 0.926. The molecule has 0 aromatic carbocycles. The van der Waals surface area contributed by atoms with Gasteiger partial charge in [0.25, 0.3) is 11.6 Å². The maximum Gasteiger partial charge on any atom is 0.401 e. The predicted molar refractivity (Wildman–Crippen MR) is 41.3 cm³/mol. The minimum atomic E-state index is -2.13. The molecule has 0 saturated heterocycles. The van der Waals surface area contributed by atoms with Gasteiger partial charge in [-0.3, -0.25) is 0 Å². The first-order chi connectivity index (χ1) is 7.00. The highest BCUT2D eigenvalue weighted by molar-refractivity contribution is 4.99. The second-order valence-electron chi connectivity index (χ2n) is 3.03. The normalized spacial score (nSPS) is 10.8. The van der Waals surface area contributed by atoms with Gasteiger partial charge in [-0.05, 0) is 0 Å². The molecule has 0 N–H and O–H groups in total. The molecule has 0 unspecified atom stereocenters. The second-order valence-corrected chi connectivity index (χ2v) is 3.03. The van der Waals surface area contributed by atoms with Crippen molar-refractivity contribution in [3.8, 4) is 0 Å². The van der Waals surface area contributed by atoms with Crippen LogP contribution in [-0.2, 0) is 6.54 Å². The maximum atomic E-state index is 13.0. The first-order valence-corrected chi connectivity index (χ1v) is 4.42. The summed E-state index contributed by atoms with van der Waals surface area (Å²) in [5.74, 6) is -9.56. The quantitative estimate of drug-likeness (QED) is 0.423. The van der Waals surface area contributed by atoms with Crippen LogP contribution in [0.4, 0.5) is 22.0 Å². The van der Waals surface area contributed by atoms with Gasteiger partial charge in [0, 0.05) is 6.42 Å². The zero-order chi connectivity index (χ0) is 11.6. The minimum absolute atomic E-state index is 0.150. The summed E-state index contributed by atoms with van der Waals surface area (Å²) >= 11 is 0. The fourth-order valence-corrected chi connectivity index (χ4v) is 1.11. The van der Waals surface area contributed by atoms with E-state index in [1.165, 1.54) is 0 Å². The molecular weight excluding hydrogens is 217 g/mol. The van der Waals surface area contributed by atoms with E-state index in [2.05, 4.69) is 0 Å². The molecule has 1 rings (SSSR count). The second kappa shape index (κ2) is 4.55. The van der Waals surface area contributed by atoms with Gasteiger partial charge in [0.05, 0.1) is 0 Å². The molecule has 0 fully saturated rings. The lowest BCUT2D eigenvalue weighted by Crippen LogP contribution is -2.45. The lowest BCUT2D eigenvalue weighted by molar-refractivity contribution is -0.753. The van der Waals surface area contributed by atoms with Crippen molar-refractivity contribution in [1.82, 2.24) is 0 Å². The van der Waals surface area contributed by atoms with Crippen LogP contribution in [0, 0.1) is 29.3 Å². The van der Waals surface area contributed by atoms with Gasteiger partial charge >= 0.3 is 11.9 Å². The molecule has 1 aromatic rings. The van der Waals surface area contributed by atoms with Crippen LogP contribution >= 0.6 is 0 Å². The van der Waals surface area contributed by atoms with E-state index >= 15 is 0 Å². The van der Waals surface area contributed by atoms with Crippen molar-refractivity contribution in [2.75, 3.05) is 0 Å². The molecule has 0 aliphatic heterocycles. The summed E-state index contributed by atoms with van der Waals surface area (Å²) in [6.45, 7) is 1.51. The fraction of sp³-hybridized carbons (Fsp3) is 0.444. The van der Waals surface area contributed by atoms with E-state index in [1.54, 1.807) is 6.92 Å². The fourth-order valence-electron chi connectivity index (χ4n) is 1.11. The van der Waals surface area contributed by atoms with Crippen molar-refractivity contribution >= 4 is 0 Å². The Labute approximate surface area is 83.1 Å². The van der Waals surface area contributed by atoms with Crippen LogP contribution < -0.4 is 4.57 Å². The van der Waals surface area contributed by atoms with Gasteiger partial charge in [-0.2, -0.15) is 13.2 Å². The number of pyridine rings is 1. The van der Waals surface area contributed by atoms with Crippen LogP contribution in [0.5, 0.6) is 0 Å². The highest BCUT2D eigenvalue weighted by Crippen LogP contribution is 2.13. The number of hydrogen-bond donors (Lipinski definition) is 0. The molecule has 1 nitrogen and oxygen atoms in total. The smallest absolute Gasteiger partial charge is 0.200 e. The summed E-state index contributed by atoms with van der Waals surface area (Å²) in [7, 11) is 0. The minimum Gasteiger partial charge on any atom is -0.200 e. The van der Waals surface area contributed by atoms with E-state index in [4.69, 9.17) is 0 Å². The van der Waals surface area contributed by atoms with Crippen LogP contribution in [0.1, 0.15) is 19.8 Å². The van der Waals surface area contributed by atoms with E-state index in [0.717, 1.165) is 0 Å². The molecule has 0 bridgehead atoms. The molecule has 84 valence electrons. The Hall–Kier alpha value is -1.20. The Morgan fingerprint density at radius 1 is 0.867 bits per heavy atom. The number of unbranched alkanes of at least 4 members (excludes halogenated alkanes) is 1. The lowest BCUT2D eigenvalue weighted by Gasteiger charge is -2.01. The van der Waals surface area contributed by atoms with Gasteiger partial charge in [0.1, 0.15) is 0 Å². The maximum absolute atomic E-state index is 13.0. The van der Waals surface area contributed by atoms with Crippen LogP contribution in [0.2, 0.25) is 0 Å². The van der Waals surface area contributed by atoms with Gasteiger partial charge in [-0.15, -0.1) is 13.3 Å². The third-order valence-corrected chi connectivity index (χ3v) is 1.96. The zero-order valence-corrected chi connectivity index (χ0v) is 7.96. The topological polar surface area (TPSA) is 3.88 Å². The molecule has 1 aromatic heterocycles. The molecular formula is C9H9F5N+. The summed E-state index contributed by atoms with van der Waals surface area (Å²) in [5, 5.41) is 0. The average Bonchev–Trinajstić information content (AvgIpc) is 2.24. The molecule has 0 aliphatic rings. The Morgan fingerprint density at radius 3 is 1.73 bits per heavy atom. The molecule has 0 amide bonds. The Bertz CT molecular complexity index is 348. The van der Waals surface area contributed by atoms with Crippen molar-refractivity contribution in [3.05, 3.63) is 29.3 Å². The van der Waals surface area contributed by atoms with E-state index in [-0.39, 0.29) is 11.1 Å². The van der Waals surface area contributed by atoms with Crippen molar-refractivity contribution in [3.63, 3.8) is 0 Å². The van der Waals surface area contributed by atoms with Crippen LogP contribution in [-0.4, -0.2) is 0 Å². The van der Waals surface area contributed by atoms with Gasteiger partial charge in [0.15, 0.2) is 6.54 Å². The zero-order valence-electron chi connectivity index (χ0n) is 7.96. The summed E-state index contributed by atoms with van der Waals surface area (Å²) in [4.78, 5) is 0. The van der Waals surface area contributed by atoms with Crippen LogP contribution in [0.3, 0.4) is 0 Å². The number of rotatable bonds is 3. The summed E-state index contributed by atoms with van der Waals surface area (Å²) < 4.78 is 64.0. The van der Waals surface area contributed by atoms with Crippen molar-refractivity contribution < 1.29 is 26.5 Å². The van der Waals surface area contributed by atoms with E-state index < -0.39 is 29.3 Å². The highest BCUT2D eigenvalue weighted by atomic mass is 19.2. The summed E-state index contributed by atoms with van der Waals surface area (Å²) in [5.41, 5.74) is 0. The Morgan fingerprint density at radius 2 is 1.33 bits per heavy atom. The third-order valence-electron chi connectivity index (χ3n) is 1.96. The SMILES string of the molecule is CCCC[n+]1c(F)c(F)c(F)c(F)c1F. The van der Waals surface area contributed by atoms with Crippen LogP contribution in [0.25, 0.3) is 0 Å².